The summed E-state index contributed by atoms with van der Waals surface area (Å²) in [6, 6.07) is 8.81. The molecule has 3 rings (SSSR count). The lowest BCUT2D eigenvalue weighted by Crippen LogP contribution is -2.34. The topological polar surface area (TPSA) is 42.4 Å². The highest BCUT2D eigenvalue weighted by molar-refractivity contribution is 6.35. The SMILES string of the molecule is CC1(C)COc2c(Cl)cc(Cl)cc2C(O)(c2ccccn2)C1. The Kier molecular flexibility index (Phi) is 3.84. The highest BCUT2D eigenvalue weighted by Gasteiger charge is 2.44. The van der Waals surface area contributed by atoms with E-state index in [-0.39, 0.29) is 5.41 Å². The van der Waals surface area contributed by atoms with Crippen LogP contribution in [0.2, 0.25) is 10.0 Å². The molecule has 1 aliphatic heterocycles. The summed E-state index contributed by atoms with van der Waals surface area (Å²) in [5.74, 6) is 0.477. The second kappa shape index (κ2) is 5.41. The van der Waals surface area contributed by atoms with Gasteiger partial charge in [-0.1, -0.05) is 43.1 Å². The minimum Gasteiger partial charge on any atom is -0.491 e. The Hall–Kier alpha value is -1.29. The highest BCUT2D eigenvalue weighted by Crippen LogP contribution is 2.49. The lowest BCUT2D eigenvalue weighted by molar-refractivity contribution is 0.0265. The molecule has 3 nitrogen and oxygen atoms in total. The van der Waals surface area contributed by atoms with Gasteiger partial charge >= 0.3 is 0 Å². The number of hydrogen-bond donors (Lipinski definition) is 1. The summed E-state index contributed by atoms with van der Waals surface area (Å²) in [6.07, 6.45) is 2.12. The summed E-state index contributed by atoms with van der Waals surface area (Å²) in [6.45, 7) is 4.54. The summed E-state index contributed by atoms with van der Waals surface area (Å²) >= 11 is 12.4. The number of hydrogen-bond acceptors (Lipinski definition) is 3. The molecule has 0 fully saturated rings. The molecule has 5 heteroatoms. The van der Waals surface area contributed by atoms with E-state index in [0.29, 0.717) is 40.1 Å². The van der Waals surface area contributed by atoms with Gasteiger partial charge in [-0.15, -0.1) is 0 Å². The van der Waals surface area contributed by atoms with Crippen LogP contribution in [-0.2, 0) is 5.60 Å². The number of pyridine rings is 1. The van der Waals surface area contributed by atoms with E-state index in [1.165, 1.54) is 0 Å². The van der Waals surface area contributed by atoms with E-state index < -0.39 is 5.60 Å². The third-order valence-corrected chi connectivity index (χ3v) is 4.38. The van der Waals surface area contributed by atoms with Crippen LogP contribution in [0.15, 0.2) is 36.5 Å². The van der Waals surface area contributed by atoms with E-state index in [1.807, 2.05) is 26.0 Å². The molecular formula is C17H17Cl2NO2. The number of nitrogens with zero attached hydrogens (tertiary/aromatic N) is 1. The molecule has 22 heavy (non-hydrogen) atoms. The second-order valence-corrected chi connectivity index (χ2v) is 7.31. The van der Waals surface area contributed by atoms with E-state index in [4.69, 9.17) is 27.9 Å². The number of aromatic nitrogens is 1. The van der Waals surface area contributed by atoms with Crippen molar-refractivity contribution in [1.82, 2.24) is 4.98 Å². The molecule has 116 valence electrons. The molecule has 1 aromatic heterocycles. The zero-order valence-corrected chi connectivity index (χ0v) is 13.9. The lowest BCUT2D eigenvalue weighted by atomic mass is 9.76. The van der Waals surface area contributed by atoms with E-state index >= 15 is 0 Å². The molecule has 2 aromatic rings. The molecule has 1 aliphatic rings. The molecule has 2 heterocycles. The van der Waals surface area contributed by atoms with E-state index in [2.05, 4.69) is 4.98 Å². The first-order valence-electron chi connectivity index (χ1n) is 7.08. The molecule has 0 saturated carbocycles. The summed E-state index contributed by atoms with van der Waals surface area (Å²) < 4.78 is 5.89. The van der Waals surface area contributed by atoms with Crippen LogP contribution in [0, 0.1) is 5.41 Å². The van der Waals surface area contributed by atoms with Crippen LogP contribution in [0.5, 0.6) is 5.75 Å². The van der Waals surface area contributed by atoms with Crippen LogP contribution >= 0.6 is 23.2 Å². The third-order valence-electron chi connectivity index (χ3n) is 3.88. The zero-order chi connectivity index (χ0) is 16.0. The van der Waals surface area contributed by atoms with Crippen LogP contribution in [0.1, 0.15) is 31.5 Å². The van der Waals surface area contributed by atoms with Crippen molar-refractivity contribution in [3.8, 4) is 5.75 Å². The Balaban J connectivity index is 2.28. The van der Waals surface area contributed by atoms with Crippen molar-refractivity contribution in [2.45, 2.75) is 25.9 Å². The van der Waals surface area contributed by atoms with Crippen molar-refractivity contribution in [3.05, 3.63) is 57.8 Å². The second-order valence-electron chi connectivity index (χ2n) is 6.47. The molecule has 0 radical (unpaired) electrons. The number of rotatable bonds is 1. The van der Waals surface area contributed by atoms with Gasteiger partial charge in [0.05, 0.1) is 17.3 Å². The van der Waals surface area contributed by atoms with Gasteiger partial charge in [-0.25, -0.2) is 0 Å². The van der Waals surface area contributed by atoms with Crippen LogP contribution in [0.3, 0.4) is 0 Å². The van der Waals surface area contributed by atoms with Gasteiger partial charge in [-0.3, -0.25) is 4.98 Å². The van der Waals surface area contributed by atoms with Gasteiger partial charge in [0.15, 0.2) is 0 Å². The molecule has 0 spiro atoms. The molecule has 1 N–H and O–H groups in total. The van der Waals surface area contributed by atoms with Gasteiger partial charge < -0.3 is 9.84 Å². The number of halogens is 2. The summed E-state index contributed by atoms with van der Waals surface area (Å²) in [5.41, 5.74) is -0.422. The highest BCUT2D eigenvalue weighted by atomic mass is 35.5. The fourth-order valence-corrected chi connectivity index (χ4v) is 3.50. The number of ether oxygens (including phenoxy) is 1. The first-order valence-corrected chi connectivity index (χ1v) is 7.84. The Bertz CT molecular complexity index is 703. The molecule has 1 unspecified atom stereocenters. The third kappa shape index (κ3) is 2.69. The maximum atomic E-state index is 11.5. The van der Waals surface area contributed by atoms with Crippen molar-refractivity contribution < 1.29 is 9.84 Å². The minimum atomic E-state index is -1.30. The Morgan fingerprint density at radius 3 is 2.68 bits per heavy atom. The smallest absolute Gasteiger partial charge is 0.144 e. The van der Waals surface area contributed by atoms with Crippen molar-refractivity contribution >= 4 is 23.2 Å². The molecule has 1 aromatic carbocycles. The fourth-order valence-electron chi connectivity index (χ4n) is 2.96. The number of aliphatic hydroxyl groups is 1. The summed E-state index contributed by atoms with van der Waals surface area (Å²) in [7, 11) is 0. The van der Waals surface area contributed by atoms with Crippen molar-refractivity contribution in [1.29, 1.82) is 0 Å². The van der Waals surface area contributed by atoms with E-state index in [0.717, 1.165) is 0 Å². The molecule has 0 saturated heterocycles. The maximum absolute atomic E-state index is 11.5. The standard InChI is InChI=1S/C17H17Cl2NO2/c1-16(2)9-17(21,14-5-3-4-6-20-14)12-7-11(18)8-13(19)15(12)22-10-16/h3-8,21H,9-10H2,1-2H3. The molecule has 0 amide bonds. The summed E-state index contributed by atoms with van der Waals surface area (Å²) in [5, 5.41) is 12.4. The van der Waals surface area contributed by atoms with Gasteiger partial charge in [0, 0.05) is 22.2 Å². The Morgan fingerprint density at radius 1 is 1.23 bits per heavy atom. The van der Waals surface area contributed by atoms with Crippen LogP contribution in [0.25, 0.3) is 0 Å². The quantitative estimate of drug-likeness (QED) is 0.836. The fraction of sp³-hybridized carbons (Fsp3) is 0.353. The van der Waals surface area contributed by atoms with E-state index in [9.17, 15) is 5.11 Å². The van der Waals surface area contributed by atoms with Gasteiger partial charge in [0.2, 0.25) is 0 Å². The Morgan fingerprint density at radius 2 is 2.00 bits per heavy atom. The molecule has 0 bridgehead atoms. The minimum absolute atomic E-state index is 0.249. The maximum Gasteiger partial charge on any atom is 0.144 e. The van der Waals surface area contributed by atoms with Crippen molar-refractivity contribution in [2.24, 2.45) is 5.41 Å². The zero-order valence-electron chi connectivity index (χ0n) is 12.4. The predicted molar refractivity (Wildman–Crippen MR) is 87.6 cm³/mol. The monoisotopic (exact) mass is 337 g/mol. The Labute approximate surface area is 139 Å². The van der Waals surface area contributed by atoms with Crippen LogP contribution in [-0.4, -0.2) is 16.7 Å². The predicted octanol–water partition coefficient (Wildman–Crippen LogP) is 4.43. The van der Waals surface area contributed by atoms with E-state index in [1.54, 1.807) is 24.4 Å². The van der Waals surface area contributed by atoms with Crippen molar-refractivity contribution in [3.63, 3.8) is 0 Å². The molecule has 0 aliphatic carbocycles. The van der Waals surface area contributed by atoms with Crippen LogP contribution < -0.4 is 4.74 Å². The molecular weight excluding hydrogens is 321 g/mol. The number of fused-ring (bicyclic) bond motifs is 1. The first-order chi connectivity index (χ1) is 10.3. The van der Waals surface area contributed by atoms with Crippen molar-refractivity contribution in [2.75, 3.05) is 6.61 Å². The largest absolute Gasteiger partial charge is 0.491 e. The summed E-state index contributed by atoms with van der Waals surface area (Å²) in [4.78, 5) is 4.35. The molecule has 1 atom stereocenters. The van der Waals surface area contributed by atoms with Gasteiger partial charge in [-0.2, -0.15) is 0 Å². The van der Waals surface area contributed by atoms with Gasteiger partial charge in [-0.05, 0) is 30.7 Å². The first kappa shape index (κ1) is 15.6. The van der Waals surface area contributed by atoms with Gasteiger partial charge in [0.1, 0.15) is 11.4 Å². The average molecular weight is 338 g/mol. The van der Waals surface area contributed by atoms with Crippen LogP contribution in [0.4, 0.5) is 0 Å². The number of benzene rings is 1. The normalized spacial score (nSPS) is 23.3. The lowest BCUT2D eigenvalue weighted by Gasteiger charge is -2.33. The average Bonchev–Trinajstić information content (AvgIpc) is 2.55. The van der Waals surface area contributed by atoms with Gasteiger partial charge in [0.25, 0.3) is 0 Å².